The number of rotatable bonds is 6. The van der Waals surface area contributed by atoms with Gasteiger partial charge in [0.2, 0.25) is 0 Å². The van der Waals surface area contributed by atoms with Crippen molar-refractivity contribution >= 4 is 11.4 Å². The Morgan fingerprint density at radius 2 is 1.33 bits per heavy atom. The van der Waals surface area contributed by atoms with Gasteiger partial charge in [-0.1, -0.05) is 48.6 Å². The zero-order chi connectivity index (χ0) is 14.3. The highest BCUT2D eigenvalue weighted by Crippen LogP contribution is 2.32. The fourth-order valence-electron chi connectivity index (χ4n) is 2.61. The average molecular weight is 302 g/mol. The van der Waals surface area contributed by atoms with E-state index in [9.17, 15) is 0 Å². The van der Waals surface area contributed by atoms with Gasteiger partial charge in [-0.2, -0.15) is 0 Å². The molecule has 21 heavy (non-hydrogen) atoms. The first kappa shape index (κ1) is 17.5. The van der Waals surface area contributed by atoms with E-state index in [-0.39, 0.29) is 12.4 Å². The molecule has 2 aromatic rings. The molecule has 0 amide bonds. The van der Waals surface area contributed by atoms with Gasteiger partial charge in [-0.25, -0.2) is 0 Å². The molecule has 0 saturated heterocycles. The lowest BCUT2D eigenvalue weighted by molar-refractivity contribution is -0.00000412. The molecule has 0 aromatic heterocycles. The van der Waals surface area contributed by atoms with E-state index < -0.39 is 0 Å². The summed E-state index contributed by atoms with van der Waals surface area (Å²) in [5.41, 5.74) is 2.69. The van der Waals surface area contributed by atoms with Crippen molar-refractivity contribution in [1.29, 1.82) is 0 Å². The quantitative estimate of drug-likeness (QED) is 0.436. The van der Waals surface area contributed by atoms with E-state index in [2.05, 4.69) is 86.8 Å². The topological polar surface area (TPSA) is 0 Å². The second kappa shape index (κ2) is 8.66. The predicted octanol–water partition coefficient (Wildman–Crippen LogP) is 2.32. The summed E-state index contributed by atoms with van der Waals surface area (Å²) in [4.78, 5) is 0. The summed E-state index contributed by atoms with van der Waals surface area (Å²) in [7, 11) is 2.31. The van der Waals surface area contributed by atoms with E-state index in [1.165, 1.54) is 17.8 Å². The van der Waals surface area contributed by atoms with Crippen molar-refractivity contribution in [1.82, 2.24) is 4.48 Å². The Balaban J connectivity index is 0.00000220. The largest absolute Gasteiger partial charge is 1.00 e. The molecule has 2 aromatic carbocycles. The first-order valence-corrected chi connectivity index (χ1v) is 7.35. The number of hydrogen-bond donors (Lipinski definition) is 0. The van der Waals surface area contributed by atoms with Crippen LogP contribution in [0.3, 0.4) is 0 Å². The maximum absolute atomic E-state index is 2.31. The summed E-state index contributed by atoms with van der Waals surface area (Å²) in [6.45, 7) is 3.20. The maximum atomic E-state index is 2.31. The van der Waals surface area contributed by atoms with Gasteiger partial charge in [0.1, 0.15) is 11.4 Å². The van der Waals surface area contributed by atoms with Crippen LogP contribution in [0.15, 0.2) is 72.8 Å². The zero-order valence-corrected chi connectivity index (χ0v) is 13.6. The van der Waals surface area contributed by atoms with Gasteiger partial charge in [0.05, 0.1) is 13.6 Å². The third-order valence-electron chi connectivity index (χ3n) is 3.86. The summed E-state index contributed by atoms with van der Waals surface area (Å²) in [6.07, 6.45) is 6.71. The number of allylic oxidation sites excluding steroid dienone is 2. The Bertz CT molecular complexity index is 495. The van der Waals surface area contributed by atoms with Crippen molar-refractivity contribution in [2.75, 3.05) is 13.6 Å². The summed E-state index contributed by atoms with van der Waals surface area (Å²) >= 11 is 0. The Morgan fingerprint density at radius 3 is 1.76 bits per heavy atom. The summed E-state index contributed by atoms with van der Waals surface area (Å²) in [5, 5.41) is 0. The second-order valence-electron chi connectivity index (χ2n) is 5.30. The van der Waals surface area contributed by atoms with Crippen LogP contribution in [0.5, 0.6) is 0 Å². The smallest absolute Gasteiger partial charge is 0.137 e. The van der Waals surface area contributed by atoms with Crippen LogP contribution in [0.25, 0.3) is 0 Å². The molecule has 1 nitrogen and oxygen atoms in total. The van der Waals surface area contributed by atoms with Crippen LogP contribution in [0, 0.1) is 0 Å². The number of quaternary nitrogens is 1. The van der Waals surface area contributed by atoms with Crippen LogP contribution >= 0.6 is 0 Å². The van der Waals surface area contributed by atoms with Crippen molar-refractivity contribution in [3.8, 4) is 0 Å². The summed E-state index contributed by atoms with van der Waals surface area (Å²) in [6, 6.07) is 21.6. The van der Waals surface area contributed by atoms with Gasteiger partial charge in [0, 0.05) is 6.42 Å². The lowest BCUT2D eigenvalue weighted by Gasteiger charge is -2.33. The Kier molecular flexibility index (Phi) is 7.21. The van der Waals surface area contributed by atoms with Crippen LogP contribution < -0.4 is 16.9 Å². The first-order valence-electron chi connectivity index (χ1n) is 7.35. The fourth-order valence-corrected chi connectivity index (χ4v) is 2.61. The summed E-state index contributed by atoms with van der Waals surface area (Å²) in [5.74, 6) is 0. The molecule has 0 radical (unpaired) electrons. The number of halogens is 1. The second-order valence-corrected chi connectivity index (χ2v) is 5.30. The molecule has 0 atom stereocenters. The number of benzene rings is 2. The van der Waals surface area contributed by atoms with E-state index in [1.54, 1.807) is 0 Å². The van der Waals surface area contributed by atoms with Crippen LogP contribution in [-0.4, -0.2) is 13.6 Å². The highest BCUT2D eigenvalue weighted by Gasteiger charge is 2.26. The zero-order valence-electron chi connectivity index (χ0n) is 12.9. The van der Waals surface area contributed by atoms with E-state index >= 15 is 0 Å². The van der Waals surface area contributed by atoms with Gasteiger partial charge in [-0.3, -0.25) is 4.48 Å². The van der Waals surface area contributed by atoms with Crippen LogP contribution in [0.4, 0.5) is 11.4 Å². The predicted molar refractivity (Wildman–Crippen MR) is 89.2 cm³/mol. The third-order valence-corrected chi connectivity index (χ3v) is 3.86. The van der Waals surface area contributed by atoms with E-state index in [0.29, 0.717) is 0 Å². The number of unbranched alkanes of at least 4 members (excludes halogenated alkanes) is 1. The van der Waals surface area contributed by atoms with Gasteiger partial charge >= 0.3 is 0 Å². The molecule has 0 heterocycles. The highest BCUT2D eigenvalue weighted by atomic mass is 35.5. The standard InChI is InChI=1S/C19H24N.ClH/c1-3-4-5-12-17-20(2,18-13-8-6-9-14-18)19-15-10-7-11-16-19;/h3-4,6-11,13-16H,5,12,17H2,1-2H3;1H/q+1;/p-1. The molecular formula is C19H24ClN. The number of para-hydroxylation sites is 2. The van der Waals surface area contributed by atoms with Crippen molar-refractivity contribution in [3.63, 3.8) is 0 Å². The minimum atomic E-state index is 0. The minimum Gasteiger partial charge on any atom is -1.00 e. The molecule has 112 valence electrons. The lowest BCUT2D eigenvalue weighted by atomic mass is 10.1. The molecule has 0 fully saturated rings. The highest BCUT2D eigenvalue weighted by molar-refractivity contribution is 5.57. The normalized spacial score (nSPS) is 11.3. The molecule has 2 rings (SSSR count). The van der Waals surface area contributed by atoms with Crippen molar-refractivity contribution < 1.29 is 12.4 Å². The summed E-state index contributed by atoms with van der Waals surface area (Å²) < 4.78 is 0.860. The van der Waals surface area contributed by atoms with Crippen molar-refractivity contribution in [2.24, 2.45) is 0 Å². The van der Waals surface area contributed by atoms with Crippen LogP contribution in [-0.2, 0) is 0 Å². The van der Waals surface area contributed by atoms with E-state index in [1.807, 2.05) is 0 Å². The maximum Gasteiger partial charge on any atom is 0.137 e. The minimum absolute atomic E-state index is 0. The van der Waals surface area contributed by atoms with Crippen molar-refractivity contribution in [3.05, 3.63) is 72.8 Å². The third kappa shape index (κ3) is 4.45. The molecular weight excluding hydrogens is 278 g/mol. The Hall–Kier alpha value is -1.57. The van der Waals surface area contributed by atoms with Gasteiger partial charge in [0.15, 0.2) is 0 Å². The van der Waals surface area contributed by atoms with Gasteiger partial charge in [-0.05, 0) is 37.6 Å². The fraction of sp³-hybridized carbons (Fsp3) is 0.263. The molecule has 2 heteroatoms. The van der Waals surface area contributed by atoms with Crippen LogP contribution in [0.2, 0.25) is 0 Å². The molecule has 0 unspecified atom stereocenters. The molecule has 0 aliphatic rings. The molecule has 0 aliphatic heterocycles. The molecule has 0 N–H and O–H groups in total. The SMILES string of the molecule is CC=CCCC[N+](C)(c1ccccc1)c1ccccc1.[Cl-]. The average Bonchev–Trinajstić information content (AvgIpc) is 2.53. The van der Waals surface area contributed by atoms with E-state index in [0.717, 1.165) is 17.4 Å². The van der Waals surface area contributed by atoms with Crippen LogP contribution in [0.1, 0.15) is 19.8 Å². The Morgan fingerprint density at radius 1 is 0.857 bits per heavy atom. The van der Waals surface area contributed by atoms with E-state index in [4.69, 9.17) is 0 Å². The molecule has 0 aliphatic carbocycles. The molecule has 0 bridgehead atoms. The lowest BCUT2D eigenvalue weighted by Crippen LogP contribution is -3.00. The number of hydrogen-bond acceptors (Lipinski definition) is 0. The van der Waals surface area contributed by atoms with Crippen molar-refractivity contribution in [2.45, 2.75) is 19.8 Å². The first-order chi connectivity index (χ1) is 9.77. The molecule has 0 spiro atoms. The van der Waals surface area contributed by atoms with Gasteiger partial charge < -0.3 is 12.4 Å². The monoisotopic (exact) mass is 301 g/mol. The Labute approximate surface area is 134 Å². The number of nitrogens with zero attached hydrogens (tertiary/aromatic N) is 1. The van der Waals surface area contributed by atoms with Gasteiger partial charge in [-0.15, -0.1) is 0 Å². The van der Waals surface area contributed by atoms with Gasteiger partial charge in [0.25, 0.3) is 0 Å². The molecule has 0 saturated carbocycles.